The molecule has 0 aromatic carbocycles. The lowest BCUT2D eigenvalue weighted by molar-refractivity contribution is -0.186. The van der Waals surface area contributed by atoms with E-state index in [4.69, 9.17) is 9.47 Å². The maximum Gasteiger partial charge on any atom is 0.312 e. The first kappa shape index (κ1) is 30.2. The van der Waals surface area contributed by atoms with Crippen molar-refractivity contribution in [2.75, 3.05) is 0 Å². The van der Waals surface area contributed by atoms with Gasteiger partial charge in [0.1, 0.15) is 11.2 Å². The minimum atomic E-state index is -0.585. The topological polar surface area (TPSA) is 52.6 Å². The summed E-state index contributed by atoms with van der Waals surface area (Å²) in [5.74, 6) is 0.600. The van der Waals surface area contributed by atoms with Gasteiger partial charge >= 0.3 is 11.9 Å². The van der Waals surface area contributed by atoms with Crippen molar-refractivity contribution >= 4 is 11.9 Å². The second-order valence-electron chi connectivity index (χ2n) is 13.5. The summed E-state index contributed by atoms with van der Waals surface area (Å²) in [7, 11) is 0. The highest BCUT2D eigenvalue weighted by atomic mass is 16.6. The van der Waals surface area contributed by atoms with Crippen LogP contribution in [0.5, 0.6) is 0 Å². The molecule has 2 fully saturated rings. The zero-order valence-corrected chi connectivity index (χ0v) is 24.7. The normalized spacial score (nSPS) is 24.9. The summed E-state index contributed by atoms with van der Waals surface area (Å²) in [6.45, 7) is 21.4. The minimum Gasteiger partial charge on any atom is -0.459 e. The van der Waals surface area contributed by atoms with Crippen LogP contribution in [0.4, 0.5) is 0 Å². The van der Waals surface area contributed by atoms with Crippen molar-refractivity contribution in [1.82, 2.24) is 0 Å². The van der Waals surface area contributed by atoms with Crippen LogP contribution in [0.1, 0.15) is 140 Å². The lowest BCUT2D eigenvalue weighted by Crippen LogP contribution is -2.49. The quantitative estimate of drug-likeness (QED) is 0.271. The minimum absolute atomic E-state index is 0.0535. The zero-order valence-electron chi connectivity index (χ0n) is 24.7. The third-order valence-electron chi connectivity index (χ3n) is 10.6. The van der Waals surface area contributed by atoms with Crippen molar-refractivity contribution in [3.63, 3.8) is 0 Å². The van der Waals surface area contributed by atoms with Crippen molar-refractivity contribution in [3.05, 3.63) is 0 Å². The van der Waals surface area contributed by atoms with Gasteiger partial charge < -0.3 is 9.47 Å². The molecule has 0 saturated heterocycles. The van der Waals surface area contributed by atoms with Crippen molar-refractivity contribution in [2.24, 2.45) is 34.5 Å². The van der Waals surface area contributed by atoms with Gasteiger partial charge in [0, 0.05) is 0 Å². The molecule has 4 heteroatoms. The smallest absolute Gasteiger partial charge is 0.312 e. The van der Waals surface area contributed by atoms with Gasteiger partial charge in [0.15, 0.2) is 0 Å². The second kappa shape index (κ2) is 11.5. The lowest BCUT2D eigenvalue weighted by atomic mass is 9.64. The first-order valence-corrected chi connectivity index (χ1v) is 14.6. The molecule has 0 aromatic heterocycles. The van der Waals surface area contributed by atoms with Crippen LogP contribution in [0.3, 0.4) is 0 Å². The summed E-state index contributed by atoms with van der Waals surface area (Å²) in [6.07, 6.45) is 11.0. The highest BCUT2D eigenvalue weighted by Crippen LogP contribution is 2.47. The Hall–Kier alpha value is -1.06. The van der Waals surface area contributed by atoms with Gasteiger partial charge in [-0.15, -0.1) is 0 Å². The average Bonchev–Trinajstić information content (AvgIpc) is 3.23. The number of rotatable bonds is 11. The zero-order chi connectivity index (χ0) is 26.7. The first-order valence-electron chi connectivity index (χ1n) is 14.6. The van der Waals surface area contributed by atoms with Gasteiger partial charge in [-0.2, -0.15) is 0 Å². The van der Waals surface area contributed by atoms with E-state index >= 15 is 0 Å². The van der Waals surface area contributed by atoms with Gasteiger partial charge in [-0.3, -0.25) is 9.59 Å². The fraction of sp³-hybridized carbons (Fsp3) is 0.935. The number of esters is 2. The molecule has 4 nitrogen and oxygen atoms in total. The Morgan fingerprint density at radius 3 is 1.71 bits per heavy atom. The second-order valence-corrected chi connectivity index (χ2v) is 13.5. The molecule has 0 amide bonds. The van der Waals surface area contributed by atoms with Crippen LogP contribution in [0.2, 0.25) is 0 Å². The molecule has 0 aromatic rings. The summed E-state index contributed by atoms with van der Waals surface area (Å²) >= 11 is 0. The molecule has 0 heterocycles. The Morgan fingerprint density at radius 2 is 1.26 bits per heavy atom. The summed E-state index contributed by atoms with van der Waals surface area (Å²) in [5.41, 5.74) is -1.82. The fourth-order valence-corrected chi connectivity index (χ4v) is 6.49. The van der Waals surface area contributed by atoms with Gasteiger partial charge in [0.25, 0.3) is 0 Å². The highest BCUT2D eigenvalue weighted by molar-refractivity contribution is 5.78. The molecule has 0 aliphatic heterocycles. The molecule has 2 saturated carbocycles. The van der Waals surface area contributed by atoms with Crippen LogP contribution >= 0.6 is 0 Å². The van der Waals surface area contributed by atoms with Gasteiger partial charge in [-0.1, -0.05) is 54.9 Å². The highest BCUT2D eigenvalue weighted by Gasteiger charge is 2.49. The van der Waals surface area contributed by atoms with E-state index in [0.717, 1.165) is 57.8 Å². The van der Waals surface area contributed by atoms with E-state index in [9.17, 15) is 9.59 Å². The van der Waals surface area contributed by atoms with Crippen LogP contribution in [-0.2, 0) is 19.1 Å². The molecule has 0 N–H and O–H groups in total. The first-order chi connectivity index (χ1) is 16.2. The maximum absolute atomic E-state index is 13.8. The lowest BCUT2D eigenvalue weighted by Gasteiger charge is -2.45. The molecule has 0 radical (unpaired) electrons. The standard InChI is InChI=1S/C31H56O4/c1-11-29(9,26(32)35-31(23(4)5)19-13-12-14-20-31)25(7)24(6)21-30(10,22(2)3)27(33)34-28(8)17-15-16-18-28/h22-25H,11-21H2,1-10H3. The molecule has 4 unspecified atom stereocenters. The number of hydrogen-bond donors (Lipinski definition) is 0. The van der Waals surface area contributed by atoms with Crippen molar-refractivity contribution in [2.45, 2.75) is 151 Å². The molecular weight excluding hydrogens is 436 g/mol. The predicted molar refractivity (Wildman–Crippen MR) is 144 cm³/mol. The number of hydrogen-bond acceptors (Lipinski definition) is 4. The molecule has 2 aliphatic rings. The Morgan fingerprint density at radius 1 is 0.771 bits per heavy atom. The molecule has 35 heavy (non-hydrogen) atoms. The van der Waals surface area contributed by atoms with Crippen LogP contribution in [-0.4, -0.2) is 23.1 Å². The van der Waals surface area contributed by atoms with E-state index in [1.807, 2.05) is 0 Å². The summed E-state index contributed by atoms with van der Waals surface area (Å²) in [6, 6.07) is 0. The van der Waals surface area contributed by atoms with Gasteiger partial charge in [-0.25, -0.2) is 0 Å². The molecule has 204 valence electrons. The van der Waals surface area contributed by atoms with Crippen molar-refractivity contribution in [1.29, 1.82) is 0 Å². The van der Waals surface area contributed by atoms with Crippen LogP contribution in [0, 0.1) is 34.5 Å². The van der Waals surface area contributed by atoms with Gasteiger partial charge in [-0.05, 0) is 109 Å². The molecule has 0 bridgehead atoms. The van der Waals surface area contributed by atoms with E-state index in [-0.39, 0.29) is 40.9 Å². The fourth-order valence-electron chi connectivity index (χ4n) is 6.49. The Labute approximate surface area is 216 Å². The summed E-state index contributed by atoms with van der Waals surface area (Å²) < 4.78 is 12.6. The number of ether oxygens (including phenoxy) is 2. The molecule has 2 rings (SSSR count). The number of carbonyl (C=O) groups is 2. The third-order valence-corrected chi connectivity index (χ3v) is 10.6. The van der Waals surface area contributed by atoms with Crippen molar-refractivity contribution < 1.29 is 19.1 Å². The molecule has 2 aliphatic carbocycles. The summed E-state index contributed by atoms with van der Waals surface area (Å²) in [4.78, 5) is 27.4. The largest absolute Gasteiger partial charge is 0.459 e. The predicted octanol–water partition coefficient (Wildman–Crippen LogP) is 8.51. The maximum atomic E-state index is 13.8. The molecule has 0 spiro atoms. The number of carbonyl (C=O) groups excluding carboxylic acids is 2. The Bertz CT molecular complexity index is 713. The Balaban J connectivity index is 2.20. The van der Waals surface area contributed by atoms with E-state index < -0.39 is 10.8 Å². The SMILES string of the molecule is CCC(C)(C(=O)OC1(C(C)C)CCCCC1)C(C)C(C)CC(C)(C(=O)OC1(C)CCCC1)C(C)C. The Kier molecular flexibility index (Phi) is 9.95. The van der Waals surface area contributed by atoms with Crippen LogP contribution < -0.4 is 0 Å². The van der Waals surface area contributed by atoms with Crippen LogP contribution in [0.15, 0.2) is 0 Å². The molecule has 4 atom stereocenters. The van der Waals surface area contributed by atoms with Crippen molar-refractivity contribution in [3.8, 4) is 0 Å². The van der Waals surface area contributed by atoms with E-state index in [1.54, 1.807) is 0 Å². The van der Waals surface area contributed by atoms with Gasteiger partial charge in [0.05, 0.1) is 10.8 Å². The molecular formula is C31H56O4. The third kappa shape index (κ3) is 6.45. The van der Waals surface area contributed by atoms with E-state index in [1.165, 1.54) is 6.42 Å². The average molecular weight is 493 g/mol. The van der Waals surface area contributed by atoms with Crippen LogP contribution in [0.25, 0.3) is 0 Å². The summed E-state index contributed by atoms with van der Waals surface area (Å²) in [5, 5.41) is 0. The van der Waals surface area contributed by atoms with E-state index in [0.29, 0.717) is 12.3 Å². The van der Waals surface area contributed by atoms with E-state index in [2.05, 4.69) is 69.2 Å². The van der Waals surface area contributed by atoms with Gasteiger partial charge in [0.2, 0.25) is 0 Å². The monoisotopic (exact) mass is 492 g/mol.